The summed E-state index contributed by atoms with van der Waals surface area (Å²) in [5.41, 5.74) is 1.10. The third-order valence-corrected chi connectivity index (χ3v) is 6.60. The maximum Gasteiger partial charge on any atom is 0.266 e. The largest absolute Gasteiger partial charge is 0.506 e. The third-order valence-electron chi connectivity index (χ3n) is 3.91. The molecule has 0 saturated carbocycles. The Morgan fingerprint density at radius 3 is 2.66 bits per heavy atom. The van der Waals surface area contributed by atoms with Crippen LogP contribution < -0.4 is 5.32 Å². The number of hydrogen-bond acceptors (Lipinski definition) is 5. The number of nitrogens with one attached hydrogen (secondary N) is 1. The minimum Gasteiger partial charge on any atom is -0.506 e. The lowest BCUT2D eigenvalue weighted by Crippen LogP contribution is -2.31. The fraction of sp³-hybridized carbons (Fsp3) is 0.105. The van der Waals surface area contributed by atoms with E-state index in [-0.39, 0.29) is 30.5 Å². The Kier molecular flexibility index (Phi) is 7.39. The molecule has 5 nitrogen and oxygen atoms in total. The van der Waals surface area contributed by atoms with Crippen LogP contribution >= 0.6 is 67.4 Å². The zero-order valence-electron chi connectivity index (χ0n) is 14.6. The normalized spacial score (nSPS) is 15.3. The monoisotopic (exact) mass is 574 g/mol. The van der Waals surface area contributed by atoms with Gasteiger partial charge in [-0.25, -0.2) is 0 Å². The van der Waals surface area contributed by atoms with Crippen LogP contribution in [0.1, 0.15) is 12.0 Å². The highest BCUT2D eigenvalue weighted by Crippen LogP contribution is 2.37. The quantitative estimate of drug-likeness (QED) is 0.348. The maximum atomic E-state index is 12.7. The molecule has 29 heavy (non-hydrogen) atoms. The molecular formula is C19H13Br2ClN2O3S2. The third kappa shape index (κ3) is 5.61. The lowest BCUT2D eigenvalue weighted by Gasteiger charge is -2.14. The van der Waals surface area contributed by atoms with Gasteiger partial charge < -0.3 is 10.4 Å². The van der Waals surface area contributed by atoms with Gasteiger partial charge in [0.15, 0.2) is 0 Å². The lowest BCUT2D eigenvalue weighted by atomic mass is 10.2. The van der Waals surface area contributed by atoms with Crippen molar-refractivity contribution in [3.05, 3.63) is 60.8 Å². The number of phenols is 1. The Balaban J connectivity index is 1.66. The van der Waals surface area contributed by atoms with E-state index in [1.165, 1.54) is 4.90 Å². The van der Waals surface area contributed by atoms with E-state index >= 15 is 0 Å². The van der Waals surface area contributed by atoms with Crippen LogP contribution in [-0.4, -0.2) is 32.7 Å². The molecule has 10 heteroatoms. The highest BCUT2D eigenvalue weighted by molar-refractivity contribution is 9.11. The molecule has 2 aromatic carbocycles. The molecule has 0 radical (unpaired) electrons. The second kappa shape index (κ2) is 9.61. The number of amides is 2. The van der Waals surface area contributed by atoms with Gasteiger partial charge in [0.05, 0.1) is 9.38 Å². The lowest BCUT2D eigenvalue weighted by molar-refractivity contribution is -0.122. The summed E-state index contributed by atoms with van der Waals surface area (Å²) in [6.45, 7) is 0.162. The minimum atomic E-state index is -0.296. The van der Waals surface area contributed by atoms with Gasteiger partial charge in [-0.05, 0) is 58.4 Å². The second-order valence-corrected chi connectivity index (χ2v) is 9.85. The molecular weight excluding hydrogens is 564 g/mol. The first-order valence-corrected chi connectivity index (χ1v) is 11.4. The summed E-state index contributed by atoms with van der Waals surface area (Å²) in [5, 5.41) is 13.5. The van der Waals surface area contributed by atoms with Gasteiger partial charge in [-0.3, -0.25) is 14.5 Å². The molecule has 1 aliphatic heterocycles. The molecule has 2 aromatic rings. The van der Waals surface area contributed by atoms with Crippen molar-refractivity contribution < 1.29 is 14.7 Å². The van der Waals surface area contributed by atoms with Crippen molar-refractivity contribution in [2.24, 2.45) is 0 Å². The summed E-state index contributed by atoms with van der Waals surface area (Å²) < 4.78 is 1.63. The van der Waals surface area contributed by atoms with E-state index in [1.54, 1.807) is 42.5 Å². The number of aromatic hydroxyl groups is 1. The Bertz CT molecular complexity index is 1030. The number of thioether (sulfide) groups is 1. The van der Waals surface area contributed by atoms with E-state index in [9.17, 15) is 14.7 Å². The van der Waals surface area contributed by atoms with Gasteiger partial charge in [-0.2, -0.15) is 0 Å². The maximum absolute atomic E-state index is 12.7. The molecule has 1 heterocycles. The van der Waals surface area contributed by atoms with Gasteiger partial charge in [0.2, 0.25) is 5.91 Å². The molecule has 1 aliphatic rings. The molecule has 0 unspecified atom stereocenters. The molecule has 0 spiro atoms. The molecule has 0 bridgehead atoms. The molecule has 150 valence electrons. The van der Waals surface area contributed by atoms with Gasteiger partial charge in [-0.15, -0.1) is 0 Å². The topological polar surface area (TPSA) is 69.6 Å². The highest BCUT2D eigenvalue weighted by atomic mass is 79.9. The van der Waals surface area contributed by atoms with E-state index in [1.807, 2.05) is 0 Å². The van der Waals surface area contributed by atoms with Crippen LogP contribution in [0.5, 0.6) is 5.75 Å². The molecule has 2 N–H and O–H groups in total. The molecule has 2 amide bonds. The number of phenolic OH excluding ortho intramolecular Hbond substituents is 1. The van der Waals surface area contributed by atoms with E-state index in [0.29, 0.717) is 30.0 Å². The average molecular weight is 577 g/mol. The van der Waals surface area contributed by atoms with Crippen LogP contribution in [0.25, 0.3) is 6.08 Å². The average Bonchev–Trinajstić information content (AvgIpc) is 2.92. The fourth-order valence-electron chi connectivity index (χ4n) is 2.50. The van der Waals surface area contributed by atoms with Crippen LogP contribution in [0.4, 0.5) is 5.69 Å². The molecule has 0 aliphatic carbocycles. The van der Waals surface area contributed by atoms with Crippen molar-refractivity contribution in [2.45, 2.75) is 6.42 Å². The van der Waals surface area contributed by atoms with E-state index < -0.39 is 0 Å². The van der Waals surface area contributed by atoms with Crippen LogP contribution in [0.2, 0.25) is 5.02 Å². The number of nitrogens with zero attached hydrogens (tertiary/aromatic N) is 1. The first-order chi connectivity index (χ1) is 13.7. The van der Waals surface area contributed by atoms with Gasteiger partial charge >= 0.3 is 0 Å². The van der Waals surface area contributed by atoms with Gasteiger partial charge in [0, 0.05) is 33.7 Å². The van der Waals surface area contributed by atoms with E-state index in [2.05, 4.69) is 37.2 Å². The van der Waals surface area contributed by atoms with Crippen molar-refractivity contribution in [1.29, 1.82) is 0 Å². The number of carbonyl (C=O) groups is 2. The molecule has 1 saturated heterocycles. The number of thiocarbonyl (C=S) groups is 1. The standard InChI is InChI=1S/C19H13Br2ClN2O3S2/c20-11-7-10(17(26)14(21)9-11)8-15-18(27)24(19(28)29-15)6-5-16(25)23-13-3-1-12(22)2-4-13/h1-4,7-9,26H,5-6H2,(H,23,25)/b15-8-. The summed E-state index contributed by atoms with van der Waals surface area (Å²) in [6, 6.07) is 10.2. The fourth-order valence-corrected chi connectivity index (χ4v) is 5.18. The smallest absolute Gasteiger partial charge is 0.266 e. The Hall–Kier alpha value is -1.39. The predicted molar refractivity (Wildman–Crippen MR) is 128 cm³/mol. The number of benzene rings is 2. The summed E-state index contributed by atoms with van der Waals surface area (Å²) in [5.74, 6) is -0.505. The number of anilines is 1. The van der Waals surface area contributed by atoms with Gasteiger partial charge in [0.25, 0.3) is 5.91 Å². The van der Waals surface area contributed by atoms with Crippen molar-refractivity contribution in [3.8, 4) is 5.75 Å². The number of rotatable bonds is 5. The van der Waals surface area contributed by atoms with E-state index in [0.717, 1.165) is 16.2 Å². The first kappa shape index (κ1) is 22.3. The number of halogens is 3. The molecule has 1 fully saturated rings. The summed E-state index contributed by atoms with van der Waals surface area (Å²) in [7, 11) is 0. The van der Waals surface area contributed by atoms with Crippen LogP contribution in [0.3, 0.4) is 0 Å². The molecule has 3 rings (SSSR count). The van der Waals surface area contributed by atoms with Crippen LogP contribution in [0, 0.1) is 0 Å². The first-order valence-electron chi connectivity index (χ1n) is 8.23. The number of hydrogen-bond donors (Lipinski definition) is 2. The van der Waals surface area contributed by atoms with E-state index in [4.69, 9.17) is 23.8 Å². The summed E-state index contributed by atoms with van der Waals surface area (Å²) in [4.78, 5) is 26.6. The zero-order valence-corrected chi connectivity index (χ0v) is 20.2. The van der Waals surface area contributed by atoms with Crippen molar-refractivity contribution >= 4 is 95.3 Å². The van der Waals surface area contributed by atoms with Gasteiger partial charge in [0.1, 0.15) is 10.1 Å². The Morgan fingerprint density at radius 2 is 1.97 bits per heavy atom. The zero-order chi connectivity index (χ0) is 21.1. The highest BCUT2D eigenvalue weighted by Gasteiger charge is 2.32. The summed E-state index contributed by atoms with van der Waals surface area (Å²) >= 11 is 18.9. The molecule has 0 aromatic heterocycles. The SMILES string of the molecule is O=C(CCN1C(=O)/C(=C/c2cc(Br)cc(Br)c2O)SC1=S)Nc1ccc(Cl)cc1. The second-order valence-electron chi connectivity index (χ2n) is 5.96. The predicted octanol–water partition coefficient (Wildman–Crippen LogP) is 5.80. The Labute approximate surface area is 198 Å². The van der Waals surface area contributed by atoms with Crippen LogP contribution in [0.15, 0.2) is 50.2 Å². The molecule has 0 atom stereocenters. The van der Waals surface area contributed by atoms with Crippen LogP contribution in [-0.2, 0) is 9.59 Å². The summed E-state index contributed by atoms with van der Waals surface area (Å²) in [6.07, 6.45) is 1.67. The Morgan fingerprint density at radius 1 is 1.28 bits per heavy atom. The van der Waals surface area contributed by atoms with Gasteiger partial charge in [-0.1, -0.05) is 51.5 Å². The van der Waals surface area contributed by atoms with Crippen molar-refractivity contribution in [2.75, 3.05) is 11.9 Å². The minimum absolute atomic E-state index is 0.0285. The number of carbonyl (C=O) groups excluding carboxylic acids is 2. The van der Waals surface area contributed by atoms with Crippen molar-refractivity contribution in [1.82, 2.24) is 4.90 Å². The van der Waals surface area contributed by atoms with Crippen molar-refractivity contribution in [3.63, 3.8) is 0 Å².